The van der Waals surface area contributed by atoms with Crippen molar-refractivity contribution in [2.75, 3.05) is 0 Å². The first-order chi connectivity index (χ1) is 12.0. The van der Waals surface area contributed by atoms with E-state index in [0.29, 0.717) is 5.56 Å². The maximum absolute atomic E-state index is 11.6. The molecule has 0 N–H and O–H groups in total. The molecule has 11 heteroatoms. The van der Waals surface area contributed by atoms with Gasteiger partial charge in [-0.1, -0.05) is 29.8 Å². The summed E-state index contributed by atoms with van der Waals surface area (Å²) >= 11 is 0. The van der Waals surface area contributed by atoms with E-state index in [1.807, 2.05) is 13.0 Å². The first kappa shape index (κ1) is 49.9. The van der Waals surface area contributed by atoms with Crippen molar-refractivity contribution in [3.05, 3.63) is 87.4 Å². The van der Waals surface area contributed by atoms with Gasteiger partial charge >= 0.3 is 74.0 Å². The first-order valence-corrected chi connectivity index (χ1v) is 4.86. The SMILES string of the molecule is Cc1ccc([C]=[C]C(F)(F)F)cc1.[C-]#[O+].[C-]#[O+].[C-]#[O+].[C-]#[O+].[C-]#[O+].[C-]#[O+].[Co].[Co]. The molecule has 0 aliphatic rings. The van der Waals surface area contributed by atoms with Crippen LogP contribution in [0.25, 0.3) is 0 Å². The molecule has 1 aromatic carbocycles. The van der Waals surface area contributed by atoms with Crippen LogP contribution in [0, 0.1) is 59.0 Å². The van der Waals surface area contributed by atoms with E-state index >= 15 is 0 Å². The van der Waals surface area contributed by atoms with Gasteiger partial charge in [0.05, 0.1) is 6.08 Å². The molecule has 27 heavy (non-hydrogen) atoms. The molecule has 0 saturated carbocycles. The van der Waals surface area contributed by atoms with E-state index in [1.165, 1.54) is 6.08 Å². The molecule has 0 fully saturated rings. The summed E-state index contributed by atoms with van der Waals surface area (Å²) in [5.41, 5.74) is 1.38. The minimum absolute atomic E-state index is 0. The second-order valence-electron chi connectivity index (χ2n) is 2.61. The molecular formula is C16H7Co2F3O6. The van der Waals surface area contributed by atoms with Gasteiger partial charge in [-0.2, -0.15) is 13.2 Å². The Bertz CT molecular complexity index is 495. The van der Waals surface area contributed by atoms with Crippen LogP contribution in [-0.4, -0.2) is 6.18 Å². The normalized spacial score (nSPS) is 6.37. The Hall–Kier alpha value is -1.80. The van der Waals surface area contributed by atoms with Crippen molar-refractivity contribution in [2.24, 2.45) is 0 Å². The predicted octanol–water partition coefficient (Wildman–Crippen LogP) is 2.84. The molecule has 146 valence electrons. The second-order valence-corrected chi connectivity index (χ2v) is 2.61. The summed E-state index contributed by atoms with van der Waals surface area (Å²) in [4.78, 5) is 0. The molecule has 1 rings (SSSR count). The predicted molar refractivity (Wildman–Crippen MR) is 66.4 cm³/mol. The molecule has 1 aromatic rings. The molecule has 4 radical (unpaired) electrons. The fourth-order valence-electron chi connectivity index (χ4n) is 0.780. The van der Waals surface area contributed by atoms with Crippen molar-refractivity contribution in [3.63, 3.8) is 0 Å². The molecule has 0 bridgehead atoms. The minimum atomic E-state index is -4.41. The monoisotopic (exact) mass is 470 g/mol. The van der Waals surface area contributed by atoms with E-state index in [0.717, 1.165) is 5.56 Å². The Morgan fingerprint density at radius 2 is 0.926 bits per heavy atom. The van der Waals surface area contributed by atoms with Crippen LogP contribution in [-0.2, 0) is 61.5 Å². The Morgan fingerprint density at radius 3 is 1.15 bits per heavy atom. The summed E-state index contributed by atoms with van der Waals surface area (Å²) in [6.07, 6.45) is -1.17. The quantitative estimate of drug-likeness (QED) is 0.443. The largest absolute Gasteiger partial charge is 0 e. The summed E-state index contributed by atoms with van der Waals surface area (Å²) in [5, 5.41) is 0. The molecule has 0 unspecified atom stereocenters. The van der Waals surface area contributed by atoms with Crippen molar-refractivity contribution >= 4 is 0 Å². The Balaban J connectivity index is -0.0000000370. The van der Waals surface area contributed by atoms with Crippen LogP contribution in [0.15, 0.2) is 24.3 Å². The van der Waals surface area contributed by atoms with Crippen molar-refractivity contribution in [2.45, 2.75) is 13.1 Å². The van der Waals surface area contributed by atoms with E-state index in [1.54, 1.807) is 24.3 Å². The molecule has 0 aromatic heterocycles. The van der Waals surface area contributed by atoms with Gasteiger partial charge in [0, 0.05) is 39.6 Å². The third-order valence-corrected chi connectivity index (χ3v) is 1.40. The van der Waals surface area contributed by atoms with Gasteiger partial charge in [-0.25, -0.2) is 0 Å². The van der Waals surface area contributed by atoms with Crippen LogP contribution < -0.4 is 0 Å². The Labute approximate surface area is 175 Å². The first-order valence-electron chi connectivity index (χ1n) is 4.86. The number of aryl methyl sites for hydroxylation is 1. The summed E-state index contributed by atoms with van der Waals surface area (Å²) in [7, 11) is 0. The van der Waals surface area contributed by atoms with E-state index in [2.05, 4.69) is 39.9 Å². The molecule has 0 amide bonds. The summed E-state index contributed by atoms with van der Waals surface area (Å²) in [6.45, 7) is 28.9. The third kappa shape index (κ3) is 59.1. The van der Waals surface area contributed by atoms with Crippen molar-refractivity contribution < 1.29 is 74.6 Å². The molecule has 0 saturated heterocycles. The second kappa shape index (κ2) is 49.6. The zero-order chi connectivity index (χ0) is 21.9. The van der Waals surface area contributed by atoms with Crippen LogP contribution in [0.1, 0.15) is 11.1 Å². The topological polar surface area (TPSA) is 119 Å². The van der Waals surface area contributed by atoms with Gasteiger partial charge in [0.15, 0.2) is 0 Å². The fraction of sp³-hybridized carbons (Fsp3) is 0.125. The molecule has 6 nitrogen and oxygen atoms in total. The fourth-order valence-corrected chi connectivity index (χ4v) is 0.780. The average Bonchev–Trinajstić information content (AvgIpc) is 2.70. The maximum Gasteiger partial charge on any atom is 0 e. The standard InChI is InChI=1S/C10H7F3.6CO.2Co/c1-8-2-4-9(5-3-8)6-7-10(11,12)13;6*1-2;;/h2-5H,1H3;;;;;;;;. The molecule has 0 spiro atoms. The van der Waals surface area contributed by atoms with Crippen molar-refractivity contribution in [3.8, 4) is 0 Å². The molecular weight excluding hydrogens is 463 g/mol. The molecule has 0 aliphatic heterocycles. The number of hydrogen-bond donors (Lipinski definition) is 0. The van der Waals surface area contributed by atoms with E-state index in [4.69, 9.17) is 27.9 Å². The van der Waals surface area contributed by atoms with Crippen LogP contribution >= 0.6 is 0 Å². The maximum atomic E-state index is 11.6. The number of rotatable bonds is 1. The number of allylic oxidation sites excluding steroid dienone is 1. The van der Waals surface area contributed by atoms with Crippen LogP contribution in [0.5, 0.6) is 0 Å². The van der Waals surface area contributed by atoms with Gasteiger partial charge in [-0.3, -0.25) is 0 Å². The third-order valence-electron chi connectivity index (χ3n) is 1.40. The molecule has 0 atom stereocenters. The summed E-state index contributed by atoms with van der Waals surface area (Å²) in [6, 6.07) is 6.57. The van der Waals surface area contributed by atoms with Gasteiger partial charge in [0.1, 0.15) is 0 Å². The Kier molecular flexibility index (Phi) is 91.7. The number of halogens is 3. The van der Waals surface area contributed by atoms with E-state index in [9.17, 15) is 13.2 Å². The van der Waals surface area contributed by atoms with Gasteiger partial charge in [-0.05, 0) is 12.5 Å². The number of alkyl halides is 3. The minimum Gasteiger partial charge on any atom is 0 e. The van der Waals surface area contributed by atoms with E-state index in [-0.39, 0.29) is 33.6 Å². The van der Waals surface area contributed by atoms with E-state index < -0.39 is 6.18 Å². The van der Waals surface area contributed by atoms with Crippen molar-refractivity contribution in [1.29, 1.82) is 0 Å². The number of hydrogen-bond acceptors (Lipinski definition) is 0. The number of benzene rings is 1. The van der Waals surface area contributed by atoms with Gasteiger partial charge in [0.2, 0.25) is 0 Å². The Morgan fingerprint density at radius 1 is 0.667 bits per heavy atom. The zero-order valence-electron chi connectivity index (χ0n) is 13.1. The van der Waals surface area contributed by atoms with Crippen LogP contribution in [0.2, 0.25) is 0 Å². The average molecular weight is 470 g/mol. The van der Waals surface area contributed by atoms with Gasteiger partial charge in [-0.15, -0.1) is 0 Å². The molecule has 0 heterocycles. The summed E-state index contributed by atoms with van der Waals surface area (Å²) < 4.78 is 79.9. The molecule has 0 aliphatic carbocycles. The summed E-state index contributed by atoms with van der Waals surface area (Å²) in [5.74, 6) is 0. The van der Waals surface area contributed by atoms with Crippen molar-refractivity contribution in [1.82, 2.24) is 0 Å². The zero-order valence-corrected chi connectivity index (χ0v) is 15.1. The smallest absolute Gasteiger partial charge is 0 e. The van der Waals surface area contributed by atoms with Crippen LogP contribution in [0.3, 0.4) is 0 Å². The van der Waals surface area contributed by atoms with Gasteiger partial charge in [0.25, 0.3) is 0 Å². The van der Waals surface area contributed by atoms with Gasteiger partial charge < -0.3 is 0 Å². The van der Waals surface area contributed by atoms with Crippen LogP contribution in [0.4, 0.5) is 13.2 Å².